The van der Waals surface area contributed by atoms with E-state index in [0.29, 0.717) is 63.1 Å². The first-order valence-corrected chi connectivity index (χ1v) is 12.3. The van der Waals surface area contributed by atoms with Crippen LogP contribution in [0.25, 0.3) is 0 Å². The van der Waals surface area contributed by atoms with E-state index in [9.17, 15) is 14.4 Å². The van der Waals surface area contributed by atoms with Crippen LogP contribution in [0.4, 0.5) is 5.00 Å². The molecule has 0 aromatic carbocycles. The molecule has 3 aliphatic rings. The molecule has 32 heavy (non-hydrogen) atoms. The molecule has 0 spiro atoms. The van der Waals surface area contributed by atoms with Gasteiger partial charge in [0.25, 0.3) is 0 Å². The molecule has 4 rings (SSSR count). The Balaban J connectivity index is 1.27. The Morgan fingerprint density at radius 1 is 1.00 bits per heavy atom. The first kappa shape index (κ1) is 23.2. The molecule has 2 amide bonds. The van der Waals surface area contributed by atoms with Crippen molar-refractivity contribution in [3.63, 3.8) is 0 Å². The standard InChI is InChI=1S/C22H32N4O5S/c1-2-31-22(29)20-16-4-3-5-17(16)32-21(20)23-18(27)14-24-6-8-26(9-7-24)19(28)15-25-10-12-30-13-11-25/h2-15H2,1H3,(H,23,27). The second-order valence-corrected chi connectivity index (χ2v) is 9.48. The summed E-state index contributed by atoms with van der Waals surface area (Å²) >= 11 is 1.50. The Labute approximate surface area is 192 Å². The van der Waals surface area contributed by atoms with Crippen LogP contribution in [0.1, 0.15) is 34.1 Å². The Morgan fingerprint density at radius 2 is 1.72 bits per heavy atom. The van der Waals surface area contributed by atoms with Gasteiger partial charge in [0, 0.05) is 44.1 Å². The van der Waals surface area contributed by atoms with Gasteiger partial charge in [-0.05, 0) is 31.7 Å². The van der Waals surface area contributed by atoms with Gasteiger partial charge in [-0.3, -0.25) is 19.4 Å². The molecule has 2 fully saturated rings. The molecule has 1 aromatic rings. The van der Waals surface area contributed by atoms with Gasteiger partial charge in [-0.1, -0.05) is 0 Å². The number of morpholine rings is 1. The minimum Gasteiger partial charge on any atom is -0.462 e. The number of hydrogen-bond acceptors (Lipinski definition) is 8. The summed E-state index contributed by atoms with van der Waals surface area (Å²) in [7, 11) is 0. The van der Waals surface area contributed by atoms with Crippen molar-refractivity contribution in [2.24, 2.45) is 0 Å². The SMILES string of the molecule is CCOC(=O)c1c(NC(=O)CN2CCN(C(=O)CN3CCOCC3)CC2)sc2c1CCC2. The van der Waals surface area contributed by atoms with E-state index in [1.165, 1.54) is 16.2 Å². The lowest BCUT2D eigenvalue weighted by molar-refractivity contribution is -0.135. The summed E-state index contributed by atoms with van der Waals surface area (Å²) < 4.78 is 10.6. The highest BCUT2D eigenvalue weighted by Crippen LogP contribution is 2.39. The van der Waals surface area contributed by atoms with Gasteiger partial charge in [-0.2, -0.15) is 0 Å². The van der Waals surface area contributed by atoms with E-state index in [4.69, 9.17) is 9.47 Å². The van der Waals surface area contributed by atoms with Gasteiger partial charge < -0.3 is 19.7 Å². The molecular weight excluding hydrogens is 432 g/mol. The van der Waals surface area contributed by atoms with Crippen LogP contribution in [-0.2, 0) is 31.9 Å². The van der Waals surface area contributed by atoms with Crippen LogP contribution < -0.4 is 5.32 Å². The van der Waals surface area contributed by atoms with E-state index in [0.717, 1.165) is 37.9 Å². The van der Waals surface area contributed by atoms with Crippen LogP contribution in [0.5, 0.6) is 0 Å². The third-order valence-electron chi connectivity index (χ3n) is 6.21. The summed E-state index contributed by atoms with van der Waals surface area (Å²) in [6.45, 7) is 8.30. The Bertz CT molecular complexity index is 844. The van der Waals surface area contributed by atoms with Crippen molar-refractivity contribution in [1.29, 1.82) is 0 Å². The number of piperazine rings is 1. The Morgan fingerprint density at radius 3 is 2.44 bits per heavy atom. The van der Waals surface area contributed by atoms with E-state index in [1.54, 1.807) is 6.92 Å². The molecule has 1 N–H and O–H groups in total. The van der Waals surface area contributed by atoms with Crippen molar-refractivity contribution in [2.75, 3.05) is 77.5 Å². The zero-order valence-corrected chi connectivity index (χ0v) is 19.5. The molecule has 9 nitrogen and oxygen atoms in total. The van der Waals surface area contributed by atoms with Crippen molar-refractivity contribution >= 4 is 34.1 Å². The molecule has 1 aromatic heterocycles. The van der Waals surface area contributed by atoms with Crippen LogP contribution in [0.15, 0.2) is 0 Å². The number of amides is 2. The third-order valence-corrected chi connectivity index (χ3v) is 7.42. The lowest BCUT2D eigenvalue weighted by atomic mass is 10.1. The molecule has 0 bridgehead atoms. The average Bonchev–Trinajstić information content (AvgIpc) is 3.35. The highest BCUT2D eigenvalue weighted by atomic mass is 32.1. The maximum Gasteiger partial charge on any atom is 0.341 e. The molecule has 3 heterocycles. The number of ether oxygens (including phenoxy) is 2. The molecule has 2 saturated heterocycles. The number of nitrogens with zero attached hydrogens (tertiary/aromatic N) is 3. The molecule has 0 saturated carbocycles. The van der Waals surface area contributed by atoms with Crippen LogP contribution >= 0.6 is 11.3 Å². The third kappa shape index (κ3) is 5.48. The van der Waals surface area contributed by atoms with Gasteiger partial charge in [0.05, 0.1) is 38.5 Å². The lowest BCUT2D eigenvalue weighted by Crippen LogP contribution is -2.53. The zero-order chi connectivity index (χ0) is 22.5. The van der Waals surface area contributed by atoms with Crippen LogP contribution in [0.3, 0.4) is 0 Å². The van der Waals surface area contributed by atoms with Gasteiger partial charge in [0.1, 0.15) is 5.00 Å². The van der Waals surface area contributed by atoms with Gasteiger partial charge >= 0.3 is 5.97 Å². The first-order valence-electron chi connectivity index (χ1n) is 11.5. The molecule has 0 atom stereocenters. The maximum atomic E-state index is 12.7. The van der Waals surface area contributed by atoms with Gasteiger partial charge in [0.2, 0.25) is 11.8 Å². The molecule has 0 unspecified atom stereocenters. The zero-order valence-electron chi connectivity index (χ0n) is 18.7. The first-order chi connectivity index (χ1) is 15.5. The lowest BCUT2D eigenvalue weighted by Gasteiger charge is -2.36. The molecule has 0 radical (unpaired) electrons. The number of aryl methyl sites for hydroxylation is 1. The van der Waals surface area contributed by atoms with Crippen LogP contribution in [0, 0.1) is 0 Å². The molecule has 2 aliphatic heterocycles. The van der Waals surface area contributed by atoms with Gasteiger partial charge in [-0.15, -0.1) is 11.3 Å². The van der Waals surface area contributed by atoms with Crippen molar-refractivity contribution in [1.82, 2.24) is 14.7 Å². The quantitative estimate of drug-likeness (QED) is 0.598. The van der Waals surface area contributed by atoms with E-state index < -0.39 is 0 Å². The van der Waals surface area contributed by atoms with Crippen molar-refractivity contribution < 1.29 is 23.9 Å². The van der Waals surface area contributed by atoms with Crippen molar-refractivity contribution in [3.8, 4) is 0 Å². The molecule has 10 heteroatoms. The summed E-state index contributed by atoms with van der Waals surface area (Å²) in [6.07, 6.45) is 2.84. The van der Waals surface area contributed by atoms with Crippen LogP contribution in [-0.4, -0.2) is 105 Å². The fraction of sp³-hybridized carbons (Fsp3) is 0.682. The topological polar surface area (TPSA) is 91.4 Å². The normalized spacial score (nSPS) is 19.6. The highest BCUT2D eigenvalue weighted by Gasteiger charge is 2.29. The van der Waals surface area contributed by atoms with E-state index >= 15 is 0 Å². The van der Waals surface area contributed by atoms with Crippen molar-refractivity contribution in [2.45, 2.75) is 26.2 Å². The molecule has 1 aliphatic carbocycles. The number of fused-ring (bicyclic) bond motifs is 1. The predicted molar refractivity (Wildman–Crippen MR) is 121 cm³/mol. The number of nitrogens with one attached hydrogen (secondary N) is 1. The maximum absolute atomic E-state index is 12.7. The highest BCUT2D eigenvalue weighted by molar-refractivity contribution is 7.17. The van der Waals surface area contributed by atoms with Gasteiger partial charge in [0.15, 0.2) is 0 Å². The second kappa shape index (κ2) is 10.7. The second-order valence-electron chi connectivity index (χ2n) is 8.38. The number of hydrogen-bond donors (Lipinski definition) is 1. The average molecular weight is 465 g/mol. The largest absolute Gasteiger partial charge is 0.462 e. The summed E-state index contributed by atoms with van der Waals surface area (Å²) in [5.41, 5.74) is 1.58. The number of thiophene rings is 1. The predicted octanol–water partition coefficient (Wildman–Crippen LogP) is 0.828. The van der Waals surface area contributed by atoms with Crippen LogP contribution in [0.2, 0.25) is 0 Å². The van der Waals surface area contributed by atoms with E-state index in [-0.39, 0.29) is 24.3 Å². The smallest absolute Gasteiger partial charge is 0.341 e. The fourth-order valence-electron chi connectivity index (χ4n) is 4.49. The fourth-order valence-corrected chi connectivity index (χ4v) is 5.78. The van der Waals surface area contributed by atoms with Gasteiger partial charge in [-0.25, -0.2) is 4.79 Å². The summed E-state index contributed by atoms with van der Waals surface area (Å²) in [5, 5.41) is 3.56. The van der Waals surface area contributed by atoms with E-state index in [1.807, 2.05) is 4.90 Å². The van der Waals surface area contributed by atoms with Crippen molar-refractivity contribution in [3.05, 3.63) is 16.0 Å². The number of rotatable bonds is 7. The Hall–Kier alpha value is -2.01. The summed E-state index contributed by atoms with van der Waals surface area (Å²) in [4.78, 5) is 45.0. The monoisotopic (exact) mass is 464 g/mol. The summed E-state index contributed by atoms with van der Waals surface area (Å²) in [6, 6.07) is 0. The summed E-state index contributed by atoms with van der Waals surface area (Å²) in [5.74, 6) is -0.346. The minimum absolute atomic E-state index is 0.136. The molecular formula is C22H32N4O5S. The number of anilines is 1. The Kier molecular flexibility index (Phi) is 7.77. The molecule has 176 valence electrons. The number of carbonyl (C=O) groups excluding carboxylic acids is 3. The number of carbonyl (C=O) groups is 3. The van der Waals surface area contributed by atoms with E-state index in [2.05, 4.69) is 15.1 Å². The number of esters is 1. The minimum atomic E-state index is -0.352.